The average Bonchev–Trinajstić information content (AvgIpc) is 2.69. The Morgan fingerprint density at radius 1 is 1.30 bits per heavy atom. The summed E-state index contributed by atoms with van der Waals surface area (Å²) in [5.74, 6) is 0.112. The molecule has 27 heavy (non-hydrogen) atoms. The number of nitrogens with zero attached hydrogens (tertiary/aromatic N) is 1. The molecule has 144 valence electrons. The third-order valence-electron chi connectivity index (χ3n) is 4.59. The minimum absolute atomic E-state index is 0.127. The molecule has 1 aliphatic rings. The Morgan fingerprint density at radius 2 is 2.07 bits per heavy atom. The number of benzene rings is 2. The van der Waals surface area contributed by atoms with Gasteiger partial charge in [-0.1, -0.05) is 12.1 Å². The molecule has 1 amide bonds. The molecule has 0 aliphatic carbocycles. The van der Waals surface area contributed by atoms with E-state index in [1.54, 1.807) is 31.4 Å². The van der Waals surface area contributed by atoms with Crippen LogP contribution < -0.4 is 10.1 Å². The summed E-state index contributed by atoms with van der Waals surface area (Å²) in [6.45, 7) is 3.09. The number of ether oxygens (including phenoxy) is 2. The molecule has 0 radical (unpaired) electrons. The van der Waals surface area contributed by atoms with Crippen LogP contribution in [0.3, 0.4) is 0 Å². The van der Waals surface area contributed by atoms with E-state index in [4.69, 9.17) is 9.47 Å². The zero-order chi connectivity index (χ0) is 19.2. The van der Waals surface area contributed by atoms with Crippen molar-refractivity contribution >= 4 is 21.8 Å². The molecule has 1 aliphatic heterocycles. The zero-order valence-corrected chi connectivity index (χ0v) is 16.7. The van der Waals surface area contributed by atoms with Crippen molar-refractivity contribution in [3.05, 3.63) is 63.9 Å². The topological polar surface area (TPSA) is 50.8 Å². The minimum Gasteiger partial charge on any atom is -0.497 e. The zero-order valence-electron chi connectivity index (χ0n) is 15.1. The van der Waals surface area contributed by atoms with Crippen LogP contribution in [0, 0.1) is 5.82 Å². The van der Waals surface area contributed by atoms with E-state index in [0.29, 0.717) is 35.5 Å². The fourth-order valence-corrected chi connectivity index (χ4v) is 3.58. The second-order valence-corrected chi connectivity index (χ2v) is 7.13. The van der Waals surface area contributed by atoms with Gasteiger partial charge in [-0.05, 0) is 51.8 Å². The summed E-state index contributed by atoms with van der Waals surface area (Å²) in [5.41, 5.74) is 1.33. The van der Waals surface area contributed by atoms with Crippen LogP contribution in [0.2, 0.25) is 0 Å². The van der Waals surface area contributed by atoms with Crippen LogP contribution in [-0.4, -0.2) is 50.8 Å². The third kappa shape index (κ3) is 5.06. The van der Waals surface area contributed by atoms with Gasteiger partial charge in [0.15, 0.2) is 0 Å². The lowest BCUT2D eigenvalue weighted by Gasteiger charge is -2.35. The lowest BCUT2D eigenvalue weighted by Crippen LogP contribution is -2.43. The second-order valence-electron chi connectivity index (χ2n) is 6.27. The van der Waals surface area contributed by atoms with Crippen molar-refractivity contribution in [2.45, 2.75) is 6.04 Å². The Morgan fingerprint density at radius 3 is 2.78 bits per heavy atom. The molecule has 3 rings (SSSR count). The number of nitrogens with one attached hydrogen (secondary N) is 1. The highest BCUT2D eigenvalue weighted by atomic mass is 79.9. The van der Waals surface area contributed by atoms with Crippen LogP contribution in [0.15, 0.2) is 46.9 Å². The SMILES string of the molecule is COc1ccc(Br)c(C(=O)NCC(c2cccc(F)c2)N2CCOCC2)c1. The predicted molar refractivity (Wildman–Crippen MR) is 105 cm³/mol. The molecule has 1 saturated heterocycles. The number of halogens is 2. The molecule has 0 saturated carbocycles. The monoisotopic (exact) mass is 436 g/mol. The van der Waals surface area contributed by atoms with Gasteiger partial charge in [-0.3, -0.25) is 9.69 Å². The second kappa shape index (κ2) is 9.30. The molecule has 1 fully saturated rings. The van der Waals surface area contributed by atoms with Crippen LogP contribution >= 0.6 is 15.9 Å². The Hall–Kier alpha value is -1.96. The summed E-state index contributed by atoms with van der Waals surface area (Å²) in [4.78, 5) is 14.9. The fraction of sp³-hybridized carbons (Fsp3) is 0.350. The quantitative estimate of drug-likeness (QED) is 0.753. The molecule has 2 aromatic carbocycles. The highest BCUT2D eigenvalue weighted by Crippen LogP contribution is 2.24. The highest BCUT2D eigenvalue weighted by molar-refractivity contribution is 9.10. The third-order valence-corrected chi connectivity index (χ3v) is 5.29. The van der Waals surface area contributed by atoms with E-state index in [0.717, 1.165) is 18.7 Å². The number of rotatable bonds is 6. The van der Waals surface area contributed by atoms with Crippen LogP contribution in [0.1, 0.15) is 22.0 Å². The summed E-state index contributed by atoms with van der Waals surface area (Å²) >= 11 is 3.41. The lowest BCUT2D eigenvalue weighted by molar-refractivity contribution is 0.0162. The molecule has 2 aromatic rings. The molecular formula is C20H22BrFN2O3. The van der Waals surface area contributed by atoms with E-state index in [1.807, 2.05) is 6.07 Å². The summed E-state index contributed by atoms with van der Waals surface area (Å²) in [6.07, 6.45) is 0. The maximum absolute atomic E-state index is 13.7. The van der Waals surface area contributed by atoms with Crippen molar-refractivity contribution in [2.24, 2.45) is 0 Å². The number of hydrogen-bond acceptors (Lipinski definition) is 4. The van der Waals surface area contributed by atoms with Gasteiger partial charge in [0.05, 0.1) is 31.9 Å². The molecule has 1 heterocycles. The van der Waals surface area contributed by atoms with E-state index in [2.05, 4.69) is 26.1 Å². The first kappa shape index (κ1) is 19.8. The molecule has 7 heteroatoms. The van der Waals surface area contributed by atoms with Crippen molar-refractivity contribution in [1.29, 1.82) is 0 Å². The first-order chi connectivity index (χ1) is 13.1. The van der Waals surface area contributed by atoms with Gasteiger partial charge in [-0.15, -0.1) is 0 Å². The van der Waals surface area contributed by atoms with Crippen molar-refractivity contribution in [3.8, 4) is 5.75 Å². The minimum atomic E-state index is -0.285. The molecule has 1 atom stereocenters. The smallest absolute Gasteiger partial charge is 0.252 e. The van der Waals surface area contributed by atoms with Crippen LogP contribution in [0.25, 0.3) is 0 Å². The standard InChI is InChI=1S/C20H22BrFN2O3/c1-26-16-5-6-18(21)17(12-16)20(25)23-13-19(24-7-9-27-10-8-24)14-3-2-4-15(22)11-14/h2-6,11-12,19H,7-10,13H2,1H3,(H,23,25). The van der Waals surface area contributed by atoms with Gasteiger partial charge in [0.25, 0.3) is 5.91 Å². The van der Waals surface area contributed by atoms with Gasteiger partial charge in [0.1, 0.15) is 11.6 Å². The molecule has 1 unspecified atom stereocenters. The lowest BCUT2D eigenvalue weighted by atomic mass is 10.0. The Bertz CT molecular complexity index is 797. The van der Waals surface area contributed by atoms with Gasteiger partial charge >= 0.3 is 0 Å². The van der Waals surface area contributed by atoms with Gasteiger partial charge in [0.2, 0.25) is 0 Å². The first-order valence-electron chi connectivity index (χ1n) is 8.77. The van der Waals surface area contributed by atoms with E-state index < -0.39 is 0 Å². The molecular weight excluding hydrogens is 415 g/mol. The number of morpholine rings is 1. The summed E-state index contributed by atoms with van der Waals surface area (Å²) < 4.78 is 25.1. The van der Waals surface area contributed by atoms with Gasteiger partial charge in [-0.2, -0.15) is 0 Å². The number of hydrogen-bond donors (Lipinski definition) is 1. The van der Waals surface area contributed by atoms with Gasteiger partial charge in [0, 0.05) is 24.1 Å². The largest absolute Gasteiger partial charge is 0.497 e. The summed E-state index contributed by atoms with van der Waals surface area (Å²) in [6, 6.07) is 11.6. The molecule has 0 bridgehead atoms. The average molecular weight is 437 g/mol. The predicted octanol–water partition coefficient (Wildman–Crippen LogP) is 3.40. The Labute approximate surface area is 166 Å². The summed E-state index contributed by atoms with van der Waals surface area (Å²) in [5, 5.41) is 2.98. The van der Waals surface area contributed by atoms with E-state index in [9.17, 15) is 9.18 Å². The molecule has 1 N–H and O–H groups in total. The van der Waals surface area contributed by atoms with Gasteiger partial charge < -0.3 is 14.8 Å². The molecule has 0 aromatic heterocycles. The highest BCUT2D eigenvalue weighted by Gasteiger charge is 2.24. The number of carbonyl (C=O) groups excluding carboxylic acids is 1. The summed E-state index contributed by atoms with van der Waals surface area (Å²) in [7, 11) is 1.56. The van der Waals surface area contributed by atoms with Crippen molar-refractivity contribution in [3.63, 3.8) is 0 Å². The number of methoxy groups -OCH3 is 1. The van der Waals surface area contributed by atoms with E-state index >= 15 is 0 Å². The van der Waals surface area contributed by atoms with Crippen molar-refractivity contribution in [1.82, 2.24) is 10.2 Å². The molecule has 0 spiro atoms. The van der Waals surface area contributed by atoms with Crippen molar-refractivity contribution in [2.75, 3.05) is 40.0 Å². The van der Waals surface area contributed by atoms with Crippen LogP contribution in [0.5, 0.6) is 5.75 Å². The normalized spacial score (nSPS) is 16.0. The maximum Gasteiger partial charge on any atom is 0.252 e. The van der Waals surface area contributed by atoms with Gasteiger partial charge in [-0.25, -0.2) is 4.39 Å². The van der Waals surface area contributed by atoms with Crippen LogP contribution in [0.4, 0.5) is 4.39 Å². The number of amides is 1. The Balaban J connectivity index is 1.77. The van der Waals surface area contributed by atoms with Crippen molar-refractivity contribution < 1.29 is 18.7 Å². The molecule has 5 nitrogen and oxygen atoms in total. The first-order valence-corrected chi connectivity index (χ1v) is 9.57. The maximum atomic E-state index is 13.7. The van der Waals surface area contributed by atoms with E-state index in [1.165, 1.54) is 12.1 Å². The number of carbonyl (C=O) groups is 1. The Kier molecular flexibility index (Phi) is 6.82. The van der Waals surface area contributed by atoms with Crippen LogP contribution in [-0.2, 0) is 4.74 Å². The fourth-order valence-electron chi connectivity index (χ4n) is 3.15. The van der Waals surface area contributed by atoms with E-state index in [-0.39, 0.29) is 17.8 Å².